The minimum atomic E-state index is 0.0843. The summed E-state index contributed by atoms with van der Waals surface area (Å²) in [5.41, 5.74) is 2.11. The summed E-state index contributed by atoms with van der Waals surface area (Å²) >= 11 is 6.34. The molecule has 2 aliphatic rings. The summed E-state index contributed by atoms with van der Waals surface area (Å²) in [6.45, 7) is 1.13. The van der Waals surface area contributed by atoms with Gasteiger partial charge in [0.2, 0.25) is 5.91 Å². The molecule has 2 saturated carbocycles. The number of halogens is 1. The third kappa shape index (κ3) is 4.11. The standard InChI is InChI=1S/C16H22ClN3O/c1-20(10-16(21)19-12-7-8-12)15-4-2-3-14(17)13(15)9-18-11-5-6-11/h2-4,11-12,18H,5-10H2,1H3,(H,19,21). The lowest BCUT2D eigenvalue weighted by Gasteiger charge is -2.23. The SMILES string of the molecule is CN(CC(=O)NC1CC1)c1cccc(Cl)c1CNC1CC1. The average molecular weight is 308 g/mol. The molecule has 0 aromatic heterocycles. The lowest BCUT2D eigenvalue weighted by Crippen LogP contribution is -2.36. The molecule has 0 atom stereocenters. The zero-order chi connectivity index (χ0) is 14.8. The number of carbonyl (C=O) groups excluding carboxylic acids is 1. The van der Waals surface area contributed by atoms with Gasteiger partial charge in [0.25, 0.3) is 0 Å². The van der Waals surface area contributed by atoms with E-state index in [1.807, 2.05) is 30.1 Å². The minimum Gasteiger partial charge on any atom is -0.365 e. The Morgan fingerprint density at radius 3 is 2.67 bits per heavy atom. The predicted octanol–water partition coefficient (Wildman–Crippen LogP) is 2.31. The summed E-state index contributed by atoms with van der Waals surface area (Å²) in [7, 11) is 1.94. The number of carbonyl (C=O) groups is 1. The second-order valence-electron chi connectivity index (χ2n) is 6.09. The lowest BCUT2D eigenvalue weighted by atomic mass is 10.1. The molecule has 0 spiro atoms. The first kappa shape index (κ1) is 14.7. The van der Waals surface area contributed by atoms with E-state index in [4.69, 9.17) is 11.6 Å². The Bertz CT molecular complexity index is 526. The molecule has 2 fully saturated rings. The molecule has 0 aliphatic heterocycles. The van der Waals surface area contributed by atoms with Crippen molar-refractivity contribution in [3.05, 3.63) is 28.8 Å². The van der Waals surface area contributed by atoms with E-state index in [1.165, 1.54) is 12.8 Å². The first-order valence-electron chi connectivity index (χ1n) is 7.65. The Morgan fingerprint density at radius 1 is 1.29 bits per heavy atom. The first-order valence-corrected chi connectivity index (χ1v) is 8.02. The molecule has 0 saturated heterocycles. The van der Waals surface area contributed by atoms with Gasteiger partial charge in [0, 0.05) is 41.9 Å². The maximum absolute atomic E-state index is 11.9. The predicted molar refractivity (Wildman–Crippen MR) is 85.7 cm³/mol. The summed E-state index contributed by atoms with van der Waals surface area (Å²) in [4.78, 5) is 13.9. The molecular weight excluding hydrogens is 286 g/mol. The largest absolute Gasteiger partial charge is 0.365 e. The third-order valence-electron chi connectivity index (χ3n) is 3.97. The summed E-state index contributed by atoms with van der Waals surface area (Å²) < 4.78 is 0. The molecule has 0 heterocycles. The third-order valence-corrected chi connectivity index (χ3v) is 4.33. The Morgan fingerprint density at radius 2 is 2.00 bits per heavy atom. The zero-order valence-electron chi connectivity index (χ0n) is 12.4. The van der Waals surface area contributed by atoms with Crippen LogP contribution in [-0.2, 0) is 11.3 Å². The van der Waals surface area contributed by atoms with Gasteiger partial charge in [-0.05, 0) is 37.8 Å². The Hall–Kier alpha value is -1.26. The van der Waals surface area contributed by atoms with Gasteiger partial charge in [-0.3, -0.25) is 4.79 Å². The molecule has 1 aromatic carbocycles. The van der Waals surface area contributed by atoms with Gasteiger partial charge in [-0.1, -0.05) is 17.7 Å². The van der Waals surface area contributed by atoms with E-state index in [9.17, 15) is 4.79 Å². The number of rotatable bonds is 7. The summed E-state index contributed by atoms with van der Waals surface area (Å²) in [5.74, 6) is 0.0843. The van der Waals surface area contributed by atoms with Crippen LogP contribution in [0.2, 0.25) is 5.02 Å². The minimum absolute atomic E-state index is 0.0843. The van der Waals surface area contributed by atoms with E-state index < -0.39 is 0 Å². The van der Waals surface area contributed by atoms with Crippen LogP contribution in [0.15, 0.2) is 18.2 Å². The summed E-state index contributed by atoms with van der Waals surface area (Å²) in [6.07, 6.45) is 4.73. The quantitative estimate of drug-likeness (QED) is 0.812. The first-order chi connectivity index (χ1) is 10.1. The Labute approximate surface area is 130 Å². The fourth-order valence-corrected chi connectivity index (χ4v) is 2.65. The van der Waals surface area contributed by atoms with Crippen LogP contribution in [0.3, 0.4) is 0 Å². The second-order valence-corrected chi connectivity index (χ2v) is 6.50. The number of anilines is 1. The van der Waals surface area contributed by atoms with E-state index >= 15 is 0 Å². The van der Waals surface area contributed by atoms with Crippen LogP contribution in [0, 0.1) is 0 Å². The average Bonchev–Trinajstić information content (AvgIpc) is 3.31. The van der Waals surface area contributed by atoms with Crippen molar-refractivity contribution in [3.8, 4) is 0 Å². The lowest BCUT2D eigenvalue weighted by molar-refractivity contribution is -0.119. The van der Waals surface area contributed by atoms with Gasteiger partial charge in [-0.15, -0.1) is 0 Å². The van der Waals surface area contributed by atoms with E-state index in [0.29, 0.717) is 18.6 Å². The van der Waals surface area contributed by atoms with E-state index in [0.717, 1.165) is 35.7 Å². The Balaban J connectivity index is 1.66. The van der Waals surface area contributed by atoms with E-state index in [1.54, 1.807) is 0 Å². The highest BCUT2D eigenvalue weighted by Gasteiger charge is 2.24. The van der Waals surface area contributed by atoms with Crippen molar-refractivity contribution in [1.29, 1.82) is 0 Å². The van der Waals surface area contributed by atoms with Crippen molar-refractivity contribution in [2.45, 2.75) is 44.3 Å². The second kappa shape index (κ2) is 6.24. The van der Waals surface area contributed by atoms with Gasteiger partial charge in [0.1, 0.15) is 0 Å². The van der Waals surface area contributed by atoms with Crippen LogP contribution in [-0.4, -0.2) is 31.6 Å². The van der Waals surface area contributed by atoms with Crippen LogP contribution in [0.25, 0.3) is 0 Å². The number of hydrogen-bond donors (Lipinski definition) is 2. The molecule has 4 nitrogen and oxygen atoms in total. The van der Waals surface area contributed by atoms with E-state index in [2.05, 4.69) is 10.6 Å². The molecule has 3 rings (SSSR count). The smallest absolute Gasteiger partial charge is 0.239 e. The molecule has 2 aliphatic carbocycles. The molecule has 0 unspecified atom stereocenters. The fourth-order valence-electron chi connectivity index (χ4n) is 2.42. The monoisotopic (exact) mass is 307 g/mol. The topological polar surface area (TPSA) is 44.4 Å². The van der Waals surface area contributed by atoms with Crippen molar-refractivity contribution in [2.24, 2.45) is 0 Å². The molecule has 114 valence electrons. The number of nitrogens with zero attached hydrogens (tertiary/aromatic N) is 1. The number of likely N-dealkylation sites (N-methyl/N-ethyl adjacent to an activating group) is 1. The van der Waals surface area contributed by atoms with Gasteiger partial charge in [0.05, 0.1) is 6.54 Å². The van der Waals surface area contributed by atoms with Crippen molar-refractivity contribution in [2.75, 3.05) is 18.5 Å². The van der Waals surface area contributed by atoms with Gasteiger partial charge in [0.15, 0.2) is 0 Å². The zero-order valence-corrected chi connectivity index (χ0v) is 13.1. The number of amides is 1. The maximum atomic E-state index is 11.9. The van der Waals surface area contributed by atoms with Crippen LogP contribution >= 0.6 is 11.6 Å². The maximum Gasteiger partial charge on any atom is 0.239 e. The number of benzene rings is 1. The molecule has 1 aromatic rings. The molecule has 2 N–H and O–H groups in total. The summed E-state index contributed by atoms with van der Waals surface area (Å²) in [5, 5.41) is 7.27. The molecule has 1 amide bonds. The molecule has 0 bridgehead atoms. The number of hydrogen-bond acceptors (Lipinski definition) is 3. The Kier molecular flexibility index (Phi) is 4.36. The molecular formula is C16H22ClN3O. The summed E-state index contributed by atoms with van der Waals surface area (Å²) in [6, 6.07) is 6.92. The van der Waals surface area contributed by atoms with Gasteiger partial charge in [-0.25, -0.2) is 0 Å². The van der Waals surface area contributed by atoms with Gasteiger partial charge < -0.3 is 15.5 Å². The highest BCUT2D eigenvalue weighted by Crippen LogP contribution is 2.28. The van der Waals surface area contributed by atoms with E-state index in [-0.39, 0.29) is 5.91 Å². The van der Waals surface area contributed by atoms with Crippen LogP contribution in [0.5, 0.6) is 0 Å². The van der Waals surface area contributed by atoms with Crippen molar-refractivity contribution in [3.63, 3.8) is 0 Å². The molecule has 0 radical (unpaired) electrons. The van der Waals surface area contributed by atoms with Crippen LogP contribution in [0.1, 0.15) is 31.2 Å². The highest BCUT2D eigenvalue weighted by atomic mass is 35.5. The van der Waals surface area contributed by atoms with Gasteiger partial charge >= 0.3 is 0 Å². The fraction of sp³-hybridized carbons (Fsp3) is 0.562. The molecule has 5 heteroatoms. The molecule has 21 heavy (non-hydrogen) atoms. The van der Waals surface area contributed by atoms with Crippen molar-refractivity contribution in [1.82, 2.24) is 10.6 Å². The number of nitrogens with one attached hydrogen (secondary N) is 2. The highest BCUT2D eigenvalue weighted by molar-refractivity contribution is 6.31. The van der Waals surface area contributed by atoms with Crippen LogP contribution < -0.4 is 15.5 Å². The van der Waals surface area contributed by atoms with Crippen molar-refractivity contribution < 1.29 is 4.79 Å². The van der Waals surface area contributed by atoms with Crippen LogP contribution in [0.4, 0.5) is 5.69 Å². The normalized spacial score (nSPS) is 17.6. The van der Waals surface area contributed by atoms with Crippen molar-refractivity contribution >= 4 is 23.2 Å². The van der Waals surface area contributed by atoms with Gasteiger partial charge in [-0.2, -0.15) is 0 Å².